The summed E-state index contributed by atoms with van der Waals surface area (Å²) >= 11 is 6.05. The summed E-state index contributed by atoms with van der Waals surface area (Å²) in [6.45, 7) is 3.85. The number of rotatable bonds is 4. The van der Waals surface area contributed by atoms with Gasteiger partial charge in [-0.3, -0.25) is 9.89 Å². The molecule has 100 valence electrons. The van der Waals surface area contributed by atoms with Crippen LogP contribution in [0.3, 0.4) is 0 Å². The molecule has 0 spiro atoms. The van der Waals surface area contributed by atoms with Crippen LogP contribution < -0.4 is 5.32 Å². The summed E-state index contributed by atoms with van der Waals surface area (Å²) in [5.74, 6) is 0.621. The molecule has 4 nitrogen and oxygen atoms in total. The van der Waals surface area contributed by atoms with E-state index in [-0.39, 0.29) is 5.91 Å². The molecule has 1 heterocycles. The number of aromatic nitrogens is 2. The number of hydrogen-bond acceptors (Lipinski definition) is 2. The first-order valence-corrected chi connectivity index (χ1v) is 6.49. The number of aromatic amines is 1. The van der Waals surface area contributed by atoms with Crippen LogP contribution >= 0.6 is 11.6 Å². The largest absolute Gasteiger partial charge is 0.311 e. The zero-order chi connectivity index (χ0) is 13.8. The third-order valence-electron chi connectivity index (χ3n) is 2.97. The van der Waals surface area contributed by atoms with Crippen LogP contribution in [0.5, 0.6) is 0 Å². The molecule has 0 aliphatic rings. The molecule has 0 aliphatic carbocycles. The van der Waals surface area contributed by atoms with Crippen molar-refractivity contribution >= 4 is 23.3 Å². The number of nitrogens with zero attached hydrogens (tertiary/aromatic N) is 1. The summed E-state index contributed by atoms with van der Waals surface area (Å²) in [6.07, 6.45) is 2.76. The lowest BCUT2D eigenvalue weighted by molar-refractivity contribution is -0.116. The molecule has 0 unspecified atom stereocenters. The third kappa shape index (κ3) is 3.58. The Labute approximate surface area is 117 Å². The number of carbonyl (C=O) groups is 1. The number of amides is 1. The van der Waals surface area contributed by atoms with E-state index in [4.69, 9.17) is 11.6 Å². The molecule has 1 aromatic carbocycles. The van der Waals surface area contributed by atoms with Gasteiger partial charge in [-0.25, -0.2) is 0 Å². The Kier molecular flexibility index (Phi) is 4.22. The second-order valence-corrected chi connectivity index (χ2v) is 4.97. The lowest BCUT2D eigenvalue weighted by atomic mass is 10.1. The number of anilines is 1. The lowest BCUT2D eigenvalue weighted by Gasteiger charge is -2.05. The Bertz CT molecular complexity index is 592. The van der Waals surface area contributed by atoms with Gasteiger partial charge in [-0.2, -0.15) is 5.10 Å². The van der Waals surface area contributed by atoms with E-state index in [0.717, 1.165) is 21.7 Å². The Morgan fingerprint density at radius 1 is 1.37 bits per heavy atom. The fourth-order valence-electron chi connectivity index (χ4n) is 1.72. The number of carbonyl (C=O) groups excluding carboxylic acids is 1. The summed E-state index contributed by atoms with van der Waals surface area (Å²) in [4.78, 5) is 11.8. The number of aryl methyl sites for hydroxylation is 3. The van der Waals surface area contributed by atoms with Gasteiger partial charge >= 0.3 is 0 Å². The summed E-state index contributed by atoms with van der Waals surface area (Å²) in [5.41, 5.74) is 3.03. The molecule has 2 aromatic rings. The summed E-state index contributed by atoms with van der Waals surface area (Å²) in [6, 6.07) is 5.87. The molecule has 1 amide bonds. The SMILES string of the molecule is Cc1ccc(CCC(=O)Nc2[nH]ncc2C)cc1Cl. The van der Waals surface area contributed by atoms with Crippen LogP contribution in [0.2, 0.25) is 5.02 Å². The molecule has 2 N–H and O–H groups in total. The van der Waals surface area contributed by atoms with Crippen molar-refractivity contribution in [2.75, 3.05) is 5.32 Å². The smallest absolute Gasteiger partial charge is 0.225 e. The highest BCUT2D eigenvalue weighted by atomic mass is 35.5. The highest BCUT2D eigenvalue weighted by Crippen LogP contribution is 2.18. The Balaban J connectivity index is 1.90. The molecule has 0 bridgehead atoms. The van der Waals surface area contributed by atoms with Gasteiger partial charge in [0.05, 0.1) is 6.20 Å². The average molecular weight is 278 g/mol. The van der Waals surface area contributed by atoms with Gasteiger partial charge in [0.2, 0.25) is 5.91 Å². The van der Waals surface area contributed by atoms with Crippen molar-refractivity contribution < 1.29 is 4.79 Å². The van der Waals surface area contributed by atoms with Crippen molar-refractivity contribution in [3.63, 3.8) is 0 Å². The van der Waals surface area contributed by atoms with E-state index in [2.05, 4.69) is 15.5 Å². The lowest BCUT2D eigenvalue weighted by Crippen LogP contribution is -2.13. The molecule has 5 heteroatoms. The van der Waals surface area contributed by atoms with Gasteiger partial charge in [-0.05, 0) is 37.5 Å². The number of benzene rings is 1. The predicted octanol–water partition coefficient (Wildman–Crippen LogP) is 3.25. The van der Waals surface area contributed by atoms with Crippen LogP contribution in [0, 0.1) is 13.8 Å². The zero-order valence-electron chi connectivity index (χ0n) is 11.0. The van der Waals surface area contributed by atoms with Gasteiger partial charge < -0.3 is 5.32 Å². The maximum absolute atomic E-state index is 11.8. The van der Waals surface area contributed by atoms with E-state index >= 15 is 0 Å². The van der Waals surface area contributed by atoms with E-state index in [0.29, 0.717) is 18.7 Å². The first kappa shape index (κ1) is 13.6. The van der Waals surface area contributed by atoms with Gasteiger partial charge in [0, 0.05) is 17.0 Å². The minimum atomic E-state index is -0.0379. The van der Waals surface area contributed by atoms with Crippen LogP contribution in [0.4, 0.5) is 5.82 Å². The molecule has 0 atom stereocenters. The molecular weight excluding hydrogens is 262 g/mol. The maximum atomic E-state index is 11.8. The topological polar surface area (TPSA) is 57.8 Å². The van der Waals surface area contributed by atoms with Crippen molar-refractivity contribution in [2.24, 2.45) is 0 Å². The van der Waals surface area contributed by atoms with Crippen LogP contribution in [-0.4, -0.2) is 16.1 Å². The van der Waals surface area contributed by atoms with Gasteiger partial charge in [0.15, 0.2) is 0 Å². The molecular formula is C14H16ClN3O. The minimum Gasteiger partial charge on any atom is -0.311 e. The zero-order valence-corrected chi connectivity index (χ0v) is 11.7. The van der Waals surface area contributed by atoms with Gasteiger partial charge in [0.1, 0.15) is 5.82 Å². The molecule has 0 radical (unpaired) electrons. The van der Waals surface area contributed by atoms with Gasteiger partial charge in [-0.15, -0.1) is 0 Å². The Hall–Kier alpha value is -1.81. The second-order valence-electron chi connectivity index (χ2n) is 4.56. The van der Waals surface area contributed by atoms with E-state index in [1.54, 1.807) is 6.20 Å². The molecule has 2 rings (SSSR count). The number of halogens is 1. The first-order valence-electron chi connectivity index (χ1n) is 6.11. The van der Waals surface area contributed by atoms with Crippen molar-refractivity contribution in [1.29, 1.82) is 0 Å². The molecule has 0 saturated carbocycles. The van der Waals surface area contributed by atoms with Crippen molar-refractivity contribution in [3.8, 4) is 0 Å². The molecule has 0 saturated heterocycles. The maximum Gasteiger partial charge on any atom is 0.225 e. The first-order chi connectivity index (χ1) is 9.06. The number of H-pyrrole nitrogens is 1. The summed E-state index contributed by atoms with van der Waals surface area (Å²) < 4.78 is 0. The molecule has 0 fully saturated rings. The normalized spacial score (nSPS) is 10.5. The van der Waals surface area contributed by atoms with E-state index in [1.807, 2.05) is 32.0 Å². The monoisotopic (exact) mass is 277 g/mol. The van der Waals surface area contributed by atoms with Crippen LogP contribution in [0.15, 0.2) is 24.4 Å². The second kappa shape index (κ2) is 5.89. The molecule has 1 aromatic heterocycles. The number of hydrogen-bond donors (Lipinski definition) is 2. The predicted molar refractivity (Wildman–Crippen MR) is 76.5 cm³/mol. The highest BCUT2D eigenvalue weighted by Gasteiger charge is 2.07. The Morgan fingerprint density at radius 3 is 2.79 bits per heavy atom. The van der Waals surface area contributed by atoms with Gasteiger partial charge in [0.25, 0.3) is 0 Å². The van der Waals surface area contributed by atoms with Crippen molar-refractivity contribution in [3.05, 3.63) is 46.1 Å². The Morgan fingerprint density at radius 2 is 2.16 bits per heavy atom. The fourth-order valence-corrected chi connectivity index (χ4v) is 1.93. The minimum absolute atomic E-state index is 0.0379. The third-order valence-corrected chi connectivity index (χ3v) is 3.38. The average Bonchev–Trinajstić information content (AvgIpc) is 2.77. The standard InChI is InChI=1S/C14H16ClN3O/c1-9-3-4-11(7-12(9)15)5-6-13(19)17-14-10(2)8-16-18-14/h3-4,7-8H,5-6H2,1-2H3,(H2,16,17,18,19). The quantitative estimate of drug-likeness (QED) is 0.901. The van der Waals surface area contributed by atoms with Crippen LogP contribution in [0.1, 0.15) is 23.1 Å². The summed E-state index contributed by atoms with van der Waals surface area (Å²) in [5, 5.41) is 10.1. The molecule has 0 aliphatic heterocycles. The van der Waals surface area contributed by atoms with E-state index in [1.165, 1.54) is 0 Å². The van der Waals surface area contributed by atoms with E-state index in [9.17, 15) is 4.79 Å². The van der Waals surface area contributed by atoms with Crippen LogP contribution in [0.25, 0.3) is 0 Å². The van der Waals surface area contributed by atoms with Crippen molar-refractivity contribution in [1.82, 2.24) is 10.2 Å². The summed E-state index contributed by atoms with van der Waals surface area (Å²) in [7, 11) is 0. The van der Waals surface area contributed by atoms with Crippen LogP contribution in [-0.2, 0) is 11.2 Å². The number of nitrogens with one attached hydrogen (secondary N) is 2. The van der Waals surface area contributed by atoms with Crippen molar-refractivity contribution in [2.45, 2.75) is 26.7 Å². The van der Waals surface area contributed by atoms with E-state index < -0.39 is 0 Å². The highest BCUT2D eigenvalue weighted by molar-refractivity contribution is 6.31. The fraction of sp³-hybridized carbons (Fsp3) is 0.286. The molecule has 19 heavy (non-hydrogen) atoms. The van der Waals surface area contributed by atoms with Gasteiger partial charge in [-0.1, -0.05) is 23.7 Å².